The monoisotopic (exact) mass is 240 g/mol. The molecular formula is C15H32N2. The summed E-state index contributed by atoms with van der Waals surface area (Å²) in [5.41, 5.74) is 0.464. The van der Waals surface area contributed by atoms with Gasteiger partial charge in [-0.05, 0) is 44.2 Å². The summed E-state index contributed by atoms with van der Waals surface area (Å²) in [5.74, 6) is 0. The van der Waals surface area contributed by atoms with Gasteiger partial charge in [0.2, 0.25) is 0 Å². The minimum absolute atomic E-state index is 0.464. The molecule has 1 aliphatic rings. The molecule has 1 aliphatic carbocycles. The molecular weight excluding hydrogens is 208 g/mol. The highest BCUT2D eigenvalue weighted by Crippen LogP contribution is 2.26. The van der Waals surface area contributed by atoms with E-state index in [-0.39, 0.29) is 0 Å². The summed E-state index contributed by atoms with van der Waals surface area (Å²) < 4.78 is 0. The van der Waals surface area contributed by atoms with Crippen LogP contribution in [0, 0.1) is 5.41 Å². The Morgan fingerprint density at radius 3 is 2.35 bits per heavy atom. The van der Waals surface area contributed by atoms with Gasteiger partial charge in [-0.1, -0.05) is 34.1 Å². The third-order valence-electron chi connectivity index (χ3n) is 3.49. The van der Waals surface area contributed by atoms with Crippen molar-refractivity contribution in [1.82, 2.24) is 10.2 Å². The molecule has 0 aromatic heterocycles. The number of hydrogen-bond donors (Lipinski definition) is 1. The fourth-order valence-electron chi connectivity index (χ4n) is 2.09. The number of hydrogen-bond acceptors (Lipinski definition) is 2. The summed E-state index contributed by atoms with van der Waals surface area (Å²) in [6.07, 6.45) is 6.82. The molecule has 0 aromatic rings. The van der Waals surface area contributed by atoms with Gasteiger partial charge in [0.1, 0.15) is 0 Å². The third-order valence-corrected chi connectivity index (χ3v) is 3.49. The van der Waals surface area contributed by atoms with Gasteiger partial charge in [-0.3, -0.25) is 4.90 Å². The van der Waals surface area contributed by atoms with Crippen LogP contribution >= 0.6 is 0 Å². The van der Waals surface area contributed by atoms with E-state index in [0.29, 0.717) is 5.41 Å². The fourth-order valence-corrected chi connectivity index (χ4v) is 2.09. The molecule has 2 heteroatoms. The van der Waals surface area contributed by atoms with Crippen molar-refractivity contribution < 1.29 is 0 Å². The molecule has 0 aromatic carbocycles. The summed E-state index contributed by atoms with van der Waals surface area (Å²) in [7, 11) is 0. The number of unbranched alkanes of at least 4 members (excludes halogenated alkanes) is 1. The van der Waals surface area contributed by atoms with Crippen LogP contribution in [0.5, 0.6) is 0 Å². The maximum absolute atomic E-state index is 3.59. The van der Waals surface area contributed by atoms with Crippen molar-refractivity contribution >= 4 is 0 Å². The Bertz CT molecular complexity index is 192. The molecule has 0 spiro atoms. The molecule has 0 radical (unpaired) electrons. The Morgan fingerprint density at radius 2 is 1.82 bits per heavy atom. The van der Waals surface area contributed by atoms with E-state index in [1.165, 1.54) is 45.2 Å². The van der Waals surface area contributed by atoms with Crippen molar-refractivity contribution in [3.8, 4) is 0 Å². The number of rotatable bonds is 9. The number of nitrogens with zero attached hydrogens (tertiary/aromatic N) is 1. The molecule has 0 amide bonds. The van der Waals surface area contributed by atoms with Crippen LogP contribution in [0.4, 0.5) is 0 Å². The van der Waals surface area contributed by atoms with Gasteiger partial charge in [0.25, 0.3) is 0 Å². The van der Waals surface area contributed by atoms with Crippen molar-refractivity contribution in [2.45, 2.75) is 65.8 Å². The van der Waals surface area contributed by atoms with Crippen LogP contribution in [0.2, 0.25) is 0 Å². The average molecular weight is 240 g/mol. The van der Waals surface area contributed by atoms with Crippen molar-refractivity contribution in [2.24, 2.45) is 5.41 Å². The van der Waals surface area contributed by atoms with Gasteiger partial charge in [-0.2, -0.15) is 0 Å². The quantitative estimate of drug-likeness (QED) is 0.622. The Labute approximate surface area is 108 Å². The van der Waals surface area contributed by atoms with Crippen LogP contribution in [0.15, 0.2) is 0 Å². The molecule has 1 fully saturated rings. The summed E-state index contributed by atoms with van der Waals surface area (Å²) in [6, 6.07) is 0.922. The molecule has 17 heavy (non-hydrogen) atoms. The first-order chi connectivity index (χ1) is 8.03. The Morgan fingerprint density at radius 1 is 1.12 bits per heavy atom. The lowest BCUT2D eigenvalue weighted by Crippen LogP contribution is -2.35. The lowest BCUT2D eigenvalue weighted by Gasteiger charge is -2.23. The van der Waals surface area contributed by atoms with Crippen LogP contribution < -0.4 is 5.32 Å². The molecule has 2 nitrogen and oxygen atoms in total. The molecule has 0 bridgehead atoms. The first kappa shape index (κ1) is 15.0. The van der Waals surface area contributed by atoms with E-state index in [2.05, 4.69) is 37.9 Å². The van der Waals surface area contributed by atoms with E-state index in [0.717, 1.165) is 19.1 Å². The molecule has 0 aliphatic heterocycles. The maximum Gasteiger partial charge on any atom is 0.0110 e. The van der Waals surface area contributed by atoms with Gasteiger partial charge in [0.15, 0.2) is 0 Å². The van der Waals surface area contributed by atoms with Crippen molar-refractivity contribution in [3.05, 3.63) is 0 Å². The first-order valence-electron chi connectivity index (χ1n) is 7.47. The van der Waals surface area contributed by atoms with E-state index in [1.807, 2.05) is 0 Å². The second-order valence-electron chi connectivity index (χ2n) is 6.68. The molecule has 102 valence electrons. The van der Waals surface area contributed by atoms with E-state index >= 15 is 0 Å². The highest BCUT2D eigenvalue weighted by Gasteiger charge is 2.27. The third kappa shape index (κ3) is 7.77. The Balaban J connectivity index is 2.02. The Hall–Kier alpha value is -0.0800. The molecule has 1 N–H and O–H groups in total. The predicted octanol–water partition coefficient (Wildman–Crippen LogP) is 3.28. The molecule has 0 atom stereocenters. The van der Waals surface area contributed by atoms with Crippen LogP contribution in [0.3, 0.4) is 0 Å². The zero-order chi connectivity index (χ0) is 12.7. The SMILES string of the molecule is CCCCN(CCNCCC(C)(C)C)C1CC1. The summed E-state index contributed by atoms with van der Waals surface area (Å²) in [5, 5.41) is 3.59. The van der Waals surface area contributed by atoms with E-state index in [4.69, 9.17) is 0 Å². The number of nitrogens with one attached hydrogen (secondary N) is 1. The van der Waals surface area contributed by atoms with E-state index in [9.17, 15) is 0 Å². The minimum Gasteiger partial charge on any atom is -0.315 e. The summed E-state index contributed by atoms with van der Waals surface area (Å²) >= 11 is 0. The van der Waals surface area contributed by atoms with Gasteiger partial charge in [0.05, 0.1) is 0 Å². The molecule has 1 saturated carbocycles. The highest BCUT2D eigenvalue weighted by atomic mass is 15.2. The second kappa shape index (κ2) is 7.38. The van der Waals surface area contributed by atoms with Crippen molar-refractivity contribution in [3.63, 3.8) is 0 Å². The van der Waals surface area contributed by atoms with Crippen molar-refractivity contribution in [2.75, 3.05) is 26.2 Å². The minimum atomic E-state index is 0.464. The molecule has 0 heterocycles. The highest BCUT2D eigenvalue weighted by molar-refractivity contribution is 4.84. The average Bonchev–Trinajstić information content (AvgIpc) is 3.04. The second-order valence-corrected chi connectivity index (χ2v) is 6.68. The maximum atomic E-state index is 3.59. The standard InChI is InChI=1S/C15H32N2/c1-5-6-12-17(14-7-8-14)13-11-16-10-9-15(2,3)4/h14,16H,5-13H2,1-4H3. The fraction of sp³-hybridized carbons (Fsp3) is 1.00. The zero-order valence-corrected chi connectivity index (χ0v) is 12.4. The van der Waals surface area contributed by atoms with Gasteiger partial charge >= 0.3 is 0 Å². The van der Waals surface area contributed by atoms with Crippen LogP contribution in [-0.4, -0.2) is 37.1 Å². The summed E-state index contributed by atoms with van der Waals surface area (Å²) in [6.45, 7) is 14.1. The predicted molar refractivity (Wildman–Crippen MR) is 76.4 cm³/mol. The van der Waals surface area contributed by atoms with Crippen LogP contribution in [0.25, 0.3) is 0 Å². The smallest absolute Gasteiger partial charge is 0.0110 e. The van der Waals surface area contributed by atoms with Gasteiger partial charge in [-0.15, -0.1) is 0 Å². The lowest BCUT2D eigenvalue weighted by molar-refractivity contribution is 0.256. The Kier molecular flexibility index (Phi) is 6.50. The molecule has 1 rings (SSSR count). The van der Waals surface area contributed by atoms with Gasteiger partial charge in [-0.25, -0.2) is 0 Å². The van der Waals surface area contributed by atoms with E-state index < -0.39 is 0 Å². The zero-order valence-electron chi connectivity index (χ0n) is 12.4. The van der Waals surface area contributed by atoms with Gasteiger partial charge < -0.3 is 5.32 Å². The lowest BCUT2D eigenvalue weighted by atomic mass is 9.92. The topological polar surface area (TPSA) is 15.3 Å². The van der Waals surface area contributed by atoms with Crippen molar-refractivity contribution in [1.29, 1.82) is 0 Å². The summed E-state index contributed by atoms with van der Waals surface area (Å²) in [4.78, 5) is 2.69. The largest absolute Gasteiger partial charge is 0.315 e. The van der Waals surface area contributed by atoms with Gasteiger partial charge in [0, 0.05) is 19.1 Å². The molecule has 0 unspecified atom stereocenters. The van der Waals surface area contributed by atoms with Crippen LogP contribution in [-0.2, 0) is 0 Å². The molecule has 0 saturated heterocycles. The van der Waals surface area contributed by atoms with E-state index in [1.54, 1.807) is 0 Å². The normalized spacial score (nSPS) is 16.8. The first-order valence-corrected chi connectivity index (χ1v) is 7.47. The van der Waals surface area contributed by atoms with Crippen LogP contribution in [0.1, 0.15) is 59.8 Å².